The third-order valence-electron chi connectivity index (χ3n) is 3.19. The van der Waals surface area contributed by atoms with E-state index in [1.165, 1.54) is 16.7 Å². The Morgan fingerprint density at radius 2 is 2.10 bits per heavy atom. The number of hydrogen-bond acceptors (Lipinski definition) is 5. The quantitative estimate of drug-likeness (QED) is 0.674. The molecule has 0 fully saturated rings. The van der Waals surface area contributed by atoms with Crippen molar-refractivity contribution < 1.29 is 4.52 Å². The van der Waals surface area contributed by atoms with Crippen LogP contribution >= 0.6 is 23.1 Å². The number of rotatable bonds is 5. The molecule has 5 heteroatoms. The maximum absolute atomic E-state index is 5.29. The largest absolute Gasteiger partial charge is 0.333 e. The van der Waals surface area contributed by atoms with E-state index in [1.807, 2.05) is 29.3 Å². The van der Waals surface area contributed by atoms with E-state index in [-0.39, 0.29) is 0 Å². The van der Waals surface area contributed by atoms with Crippen molar-refractivity contribution in [1.29, 1.82) is 0 Å². The Kier molecular flexibility index (Phi) is 4.41. The highest BCUT2D eigenvalue weighted by molar-refractivity contribution is 7.97. The van der Waals surface area contributed by atoms with Gasteiger partial charge in [0.25, 0.3) is 5.89 Å². The van der Waals surface area contributed by atoms with Gasteiger partial charge in [-0.2, -0.15) is 4.98 Å². The first-order valence-corrected chi connectivity index (χ1v) is 8.76. The van der Waals surface area contributed by atoms with Gasteiger partial charge < -0.3 is 4.52 Å². The molecule has 2 aromatic heterocycles. The summed E-state index contributed by atoms with van der Waals surface area (Å²) in [7, 11) is 0. The number of benzene rings is 1. The second-order valence-electron chi connectivity index (χ2n) is 4.92. The summed E-state index contributed by atoms with van der Waals surface area (Å²) in [6.45, 7) is 4.28. The van der Waals surface area contributed by atoms with Crippen molar-refractivity contribution in [2.75, 3.05) is 0 Å². The molecule has 0 saturated heterocycles. The van der Waals surface area contributed by atoms with E-state index in [0.29, 0.717) is 5.89 Å². The van der Waals surface area contributed by atoms with Crippen LogP contribution in [-0.2, 0) is 11.5 Å². The summed E-state index contributed by atoms with van der Waals surface area (Å²) in [5.74, 6) is 3.11. The third-order valence-corrected chi connectivity index (χ3v) is 5.03. The van der Waals surface area contributed by atoms with Gasteiger partial charge >= 0.3 is 0 Å². The molecule has 21 heavy (non-hydrogen) atoms. The molecule has 0 atom stereocenters. The molecule has 0 radical (unpaired) electrons. The van der Waals surface area contributed by atoms with Crippen molar-refractivity contribution in [3.8, 4) is 10.8 Å². The van der Waals surface area contributed by atoms with E-state index in [0.717, 1.165) is 22.2 Å². The Labute approximate surface area is 132 Å². The zero-order chi connectivity index (χ0) is 14.7. The van der Waals surface area contributed by atoms with Gasteiger partial charge in [0.05, 0.1) is 10.6 Å². The first-order valence-electron chi connectivity index (χ1n) is 6.73. The number of aromatic nitrogens is 2. The number of thiophene rings is 1. The molecule has 2 heterocycles. The zero-order valence-electron chi connectivity index (χ0n) is 12.0. The Bertz CT molecular complexity index is 720. The SMILES string of the molecule is Cc1ccc(C)c(CSCc2noc(-c3cccs3)n2)c1. The highest BCUT2D eigenvalue weighted by Crippen LogP contribution is 2.24. The van der Waals surface area contributed by atoms with Crippen LogP contribution in [0, 0.1) is 13.8 Å². The normalized spacial score (nSPS) is 11.0. The van der Waals surface area contributed by atoms with Gasteiger partial charge in [0.15, 0.2) is 5.82 Å². The van der Waals surface area contributed by atoms with Crippen molar-refractivity contribution >= 4 is 23.1 Å². The summed E-state index contributed by atoms with van der Waals surface area (Å²) in [5.41, 5.74) is 4.01. The van der Waals surface area contributed by atoms with Crippen molar-refractivity contribution in [1.82, 2.24) is 10.1 Å². The zero-order valence-corrected chi connectivity index (χ0v) is 13.6. The minimum absolute atomic E-state index is 0.618. The first-order chi connectivity index (χ1) is 10.2. The molecule has 0 spiro atoms. The van der Waals surface area contributed by atoms with Gasteiger partial charge in [0.2, 0.25) is 0 Å². The molecule has 0 unspecified atom stereocenters. The average molecular weight is 316 g/mol. The molecule has 3 rings (SSSR count). The summed E-state index contributed by atoms with van der Waals surface area (Å²) < 4.78 is 5.29. The lowest BCUT2D eigenvalue weighted by atomic mass is 10.1. The van der Waals surface area contributed by atoms with Crippen LogP contribution in [-0.4, -0.2) is 10.1 Å². The van der Waals surface area contributed by atoms with Gasteiger partial charge in [-0.15, -0.1) is 23.1 Å². The minimum Gasteiger partial charge on any atom is -0.333 e. The summed E-state index contributed by atoms with van der Waals surface area (Å²) in [4.78, 5) is 5.46. The first kappa shape index (κ1) is 14.4. The van der Waals surface area contributed by atoms with Crippen LogP contribution in [0.4, 0.5) is 0 Å². The Balaban J connectivity index is 1.60. The van der Waals surface area contributed by atoms with E-state index in [4.69, 9.17) is 4.52 Å². The molecule has 0 aliphatic heterocycles. The van der Waals surface area contributed by atoms with Crippen LogP contribution in [0.5, 0.6) is 0 Å². The molecular formula is C16H16N2OS2. The van der Waals surface area contributed by atoms with Crippen molar-refractivity contribution in [3.05, 3.63) is 58.2 Å². The standard InChI is InChI=1S/C16H16N2OS2/c1-11-5-6-12(2)13(8-11)9-20-10-15-17-16(19-18-15)14-4-3-7-21-14/h3-8H,9-10H2,1-2H3. The maximum Gasteiger partial charge on any atom is 0.268 e. The number of nitrogens with zero attached hydrogens (tertiary/aromatic N) is 2. The lowest BCUT2D eigenvalue weighted by Gasteiger charge is -2.05. The lowest BCUT2D eigenvalue weighted by Crippen LogP contribution is -1.90. The Morgan fingerprint density at radius 3 is 2.90 bits per heavy atom. The molecule has 3 nitrogen and oxygen atoms in total. The summed E-state index contributed by atoms with van der Waals surface area (Å²) in [6, 6.07) is 10.5. The molecule has 108 valence electrons. The van der Waals surface area contributed by atoms with Crippen LogP contribution in [0.1, 0.15) is 22.5 Å². The predicted molar refractivity (Wildman–Crippen MR) is 88.5 cm³/mol. The molecule has 0 aliphatic carbocycles. The maximum atomic E-state index is 5.29. The van der Waals surface area contributed by atoms with Gasteiger partial charge in [-0.25, -0.2) is 0 Å². The highest BCUT2D eigenvalue weighted by Gasteiger charge is 2.09. The average Bonchev–Trinajstić information content (AvgIpc) is 3.13. The molecule has 0 bridgehead atoms. The monoisotopic (exact) mass is 316 g/mol. The Hall–Kier alpha value is -1.59. The highest BCUT2D eigenvalue weighted by atomic mass is 32.2. The fourth-order valence-electron chi connectivity index (χ4n) is 2.02. The van der Waals surface area contributed by atoms with Crippen LogP contribution < -0.4 is 0 Å². The molecule has 0 N–H and O–H groups in total. The summed E-state index contributed by atoms with van der Waals surface area (Å²) >= 11 is 3.42. The molecule has 0 amide bonds. The number of hydrogen-bond donors (Lipinski definition) is 0. The van der Waals surface area contributed by atoms with Gasteiger partial charge in [-0.3, -0.25) is 0 Å². The molecule has 0 aliphatic rings. The van der Waals surface area contributed by atoms with Crippen molar-refractivity contribution in [3.63, 3.8) is 0 Å². The van der Waals surface area contributed by atoms with E-state index in [2.05, 4.69) is 42.2 Å². The van der Waals surface area contributed by atoms with Crippen LogP contribution in [0.3, 0.4) is 0 Å². The van der Waals surface area contributed by atoms with E-state index in [9.17, 15) is 0 Å². The fourth-order valence-corrected chi connectivity index (χ4v) is 3.60. The van der Waals surface area contributed by atoms with Crippen molar-refractivity contribution in [2.45, 2.75) is 25.4 Å². The van der Waals surface area contributed by atoms with Gasteiger partial charge in [-0.05, 0) is 36.4 Å². The van der Waals surface area contributed by atoms with Gasteiger partial charge in [0.1, 0.15) is 0 Å². The predicted octanol–water partition coefficient (Wildman–Crippen LogP) is 4.85. The summed E-state index contributed by atoms with van der Waals surface area (Å²) in [5, 5.41) is 6.05. The Morgan fingerprint density at radius 1 is 1.19 bits per heavy atom. The number of thioether (sulfide) groups is 1. The fraction of sp³-hybridized carbons (Fsp3) is 0.250. The lowest BCUT2D eigenvalue weighted by molar-refractivity contribution is 0.426. The van der Waals surface area contributed by atoms with Crippen molar-refractivity contribution in [2.24, 2.45) is 0 Å². The minimum atomic E-state index is 0.618. The topological polar surface area (TPSA) is 38.9 Å². The van der Waals surface area contributed by atoms with E-state index >= 15 is 0 Å². The second-order valence-corrected chi connectivity index (χ2v) is 6.85. The molecular weight excluding hydrogens is 300 g/mol. The second kappa shape index (κ2) is 6.45. The van der Waals surface area contributed by atoms with E-state index in [1.54, 1.807) is 11.3 Å². The third kappa shape index (κ3) is 3.54. The number of aryl methyl sites for hydroxylation is 2. The van der Waals surface area contributed by atoms with E-state index < -0.39 is 0 Å². The van der Waals surface area contributed by atoms with Crippen LogP contribution in [0.15, 0.2) is 40.2 Å². The van der Waals surface area contributed by atoms with Gasteiger partial charge in [-0.1, -0.05) is 35.0 Å². The molecule has 0 saturated carbocycles. The van der Waals surface area contributed by atoms with Crippen LogP contribution in [0.25, 0.3) is 10.8 Å². The molecule has 1 aromatic carbocycles. The summed E-state index contributed by atoms with van der Waals surface area (Å²) in [6.07, 6.45) is 0. The van der Waals surface area contributed by atoms with Crippen LogP contribution in [0.2, 0.25) is 0 Å². The smallest absolute Gasteiger partial charge is 0.268 e. The van der Waals surface area contributed by atoms with Gasteiger partial charge in [0, 0.05) is 5.75 Å². The molecule has 3 aromatic rings.